The number of thioether (sulfide) groups is 1. The number of pyridine rings is 1. The molecule has 3 aromatic rings. The number of thiophene rings is 1. The van der Waals surface area contributed by atoms with E-state index in [1.807, 2.05) is 0 Å². The SMILES string of the molecule is O=C(NCCN1C(=O)S/C(=C\c2cccnc2)C1=O)c1sc2cc(F)ccc2c1Cl. The van der Waals surface area contributed by atoms with Crippen LogP contribution in [0.15, 0.2) is 47.6 Å². The Hall–Kier alpha value is -2.75. The maximum atomic E-state index is 13.4. The monoisotopic (exact) mass is 461 g/mol. The summed E-state index contributed by atoms with van der Waals surface area (Å²) in [4.78, 5) is 42.8. The lowest BCUT2D eigenvalue weighted by Gasteiger charge is -2.12. The number of nitrogens with zero attached hydrogens (tertiary/aromatic N) is 2. The molecular formula is C20H13ClFN3O3S2. The number of halogens is 2. The molecule has 1 fully saturated rings. The molecule has 0 saturated carbocycles. The minimum Gasteiger partial charge on any atom is -0.349 e. The number of aromatic nitrogens is 1. The van der Waals surface area contributed by atoms with Crippen LogP contribution < -0.4 is 5.32 Å². The van der Waals surface area contributed by atoms with Crippen molar-refractivity contribution in [2.45, 2.75) is 0 Å². The van der Waals surface area contributed by atoms with E-state index in [1.165, 1.54) is 18.2 Å². The van der Waals surface area contributed by atoms with Crippen LogP contribution >= 0.6 is 34.7 Å². The Labute approximate surface area is 183 Å². The number of nitrogens with one attached hydrogen (secondary N) is 1. The summed E-state index contributed by atoms with van der Waals surface area (Å²) in [6.45, 7) is 0.0912. The van der Waals surface area contributed by atoms with Gasteiger partial charge < -0.3 is 5.32 Å². The summed E-state index contributed by atoms with van der Waals surface area (Å²) in [6.07, 6.45) is 4.81. The van der Waals surface area contributed by atoms with Gasteiger partial charge in [-0.05, 0) is 47.7 Å². The third-order valence-electron chi connectivity index (χ3n) is 4.27. The molecule has 1 aliphatic heterocycles. The Morgan fingerprint density at radius 1 is 1.30 bits per heavy atom. The Morgan fingerprint density at radius 2 is 2.13 bits per heavy atom. The van der Waals surface area contributed by atoms with Crippen LogP contribution in [0.2, 0.25) is 5.02 Å². The van der Waals surface area contributed by atoms with Crippen molar-refractivity contribution in [2.24, 2.45) is 0 Å². The minimum atomic E-state index is -0.445. The first-order valence-corrected chi connectivity index (χ1v) is 10.8. The molecule has 0 radical (unpaired) electrons. The van der Waals surface area contributed by atoms with Crippen LogP contribution in [0.5, 0.6) is 0 Å². The third kappa shape index (κ3) is 4.09. The van der Waals surface area contributed by atoms with E-state index in [9.17, 15) is 18.8 Å². The molecular weight excluding hydrogens is 449 g/mol. The topological polar surface area (TPSA) is 79.4 Å². The first kappa shape index (κ1) is 20.5. The molecule has 1 aromatic carbocycles. The number of fused-ring (bicyclic) bond motifs is 1. The fourth-order valence-electron chi connectivity index (χ4n) is 2.85. The Bertz CT molecular complexity index is 1200. The van der Waals surface area contributed by atoms with E-state index < -0.39 is 22.9 Å². The zero-order valence-corrected chi connectivity index (χ0v) is 17.6. The van der Waals surface area contributed by atoms with E-state index in [-0.39, 0.29) is 23.0 Å². The van der Waals surface area contributed by atoms with E-state index in [0.717, 1.165) is 28.0 Å². The first-order chi connectivity index (χ1) is 14.4. The Kier molecular flexibility index (Phi) is 5.85. The summed E-state index contributed by atoms with van der Waals surface area (Å²) >= 11 is 8.17. The summed E-state index contributed by atoms with van der Waals surface area (Å²) in [5.41, 5.74) is 0.715. The number of carbonyl (C=O) groups is 3. The van der Waals surface area contributed by atoms with E-state index in [1.54, 1.807) is 30.6 Å². The average Bonchev–Trinajstić information content (AvgIpc) is 3.19. The van der Waals surface area contributed by atoms with Gasteiger partial charge in [0.05, 0.1) is 9.93 Å². The van der Waals surface area contributed by atoms with E-state index >= 15 is 0 Å². The highest BCUT2D eigenvalue weighted by Crippen LogP contribution is 2.35. The number of carbonyl (C=O) groups excluding carboxylic acids is 3. The van der Waals surface area contributed by atoms with Crippen molar-refractivity contribution >= 4 is 67.9 Å². The molecule has 1 N–H and O–H groups in total. The number of rotatable bonds is 5. The zero-order valence-electron chi connectivity index (χ0n) is 15.2. The van der Waals surface area contributed by atoms with Crippen LogP contribution in [0.4, 0.5) is 9.18 Å². The summed E-state index contributed by atoms with van der Waals surface area (Å²) in [7, 11) is 0. The van der Waals surface area contributed by atoms with E-state index in [2.05, 4.69) is 10.3 Å². The number of hydrogen-bond donors (Lipinski definition) is 1. The lowest BCUT2D eigenvalue weighted by atomic mass is 10.2. The maximum absolute atomic E-state index is 13.4. The fraction of sp³-hybridized carbons (Fsp3) is 0.100. The molecule has 0 spiro atoms. The molecule has 30 heavy (non-hydrogen) atoms. The molecule has 3 heterocycles. The van der Waals surface area contributed by atoms with Crippen molar-refractivity contribution < 1.29 is 18.8 Å². The summed E-state index contributed by atoms with van der Waals surface area (Å²) in [5.74, 6) is -1.27. The molecule has 1 saturated heterocycles. The molecule has 10 heteroatoms. The van der Waals surface area contributed by atoms with Crippen molar-refractivity contribution in [1.82, 2.24) is 15.2 Å². The quantitative estimate of drug-likeness (QED) is 0.564. The van der Waals surface area contributed by atoms with Crippen LogP contribution in [-0.2, 0) is 4.79 Å². The van der Waals surface area contributed by atoms with Crippen molar-refractivity contribution in [3.8, 4) is 0 Å². The summed E-state index contributed by atoms with van der Waals surface area (Å²) in [6, 6.07) is 7.63. The smallest absolute Gasteiger partial charge is 0.293 e. The van der Waals surface area contributed by atoms with Crippen LogP contribution in [0.1, 0.15) is 15.2 Å². The van der Waals surface area contributed by atoms with Gasteiger partial charge in [-0.3, -0.25) is 24.3 Å². The minimum absolute atomic E-state index is 0.0257. The second-order valence-corrected chi connectivity index (χ2v) is 8.68. The lowest BCUT2D eigenvalue weighted by Crippen LogP contribution is -2.37. The number of imide groups is 1. The molecule has 0 aliphatic carbocycles. The Balaban J connectivity index is 1.40. The molecule has 2 aromatic heterocycles. The standard InChI is InChI=1S/C20H13ClFN3O3S2/c21-16-13-4-3-12(22)9-14(13)29-17(16)18(26)24-6-7-25-19(27)15(30-20(25)28)8-11-2-1-5-23-10-11/h1-5,8-10H,6-7H2,(H,24,26)/b15-8-. The van der Waals surface area contributed by atoms with Gasteiger partial charge in [-0.25, -0.2) is 4.39 Å². The predicted molar refractivity (Wildman–Crippen MR) is 116 cm³/mol. The molecule has 0 atom stereocenters. The maximum Gasteiger partial charge on any atom is 0.293 e. The van der Waals surface area contributed by atoms with Gasteiger partial charge in [-0.15, -0.1) is 11.3 Å². The van der Waals surface area contributed by atoms with Crippen LogP contribution in [0, 0.1) is 5.82 Å². The van der Waals surface area contributed by atoms with Crippen molar-refractivity contribution in [2.75, 3.05) is 13.1 Å². The van der Waals surface area contributed by atoms with Gasteiger partial charge in [0.1, 0.15) is 10.7 Å². The van der Waals surface area contributed by atoms with Crippen LogP contribution in [-0.4, -0.2) is 40.0 Å². The second kappa shape index (κ2) is 8.55. The van der Waals surface area contributed by atoms with Crippen molar-refractivity contribution in [3.63, 3.8) is 0 Å². The number of amides is 3. The van der Waals surface area contributed by atoms with Gasteiger partial charge in [0.25, 0.3) is 17.1 Å². The van der Waals surface area contributed by atoms with Gasteiger partial charge in [-0.2, -0.15) is 0 Å². The van der Waals surface area contributed by atoms with Crippen molar-refractivity contribution in [1.29, 1.82) is 0 Å². The van der Waals surface area contributed by atoms with Gasteiger partial charge in [0, 0.05) is 35.6 Å². The lowest BCUT2D eigenvalue weighted by molar-refractivity contribution is -0.122. The fourth-order valence-corrected chi connectivity index (χ4v) is 5.18. The summed E-state index contributed by atoms with van der Waals surface area (Å²) < 4.78 is 13.9. The van der Waals surface area contributed by atoms with E-state index in [4.69, 9.17) is 11.6 Å². The molecule has 3 amide bonds. The Morgan fingerprint density at radius 3 is 2.90 bits per heavy atom. The predicted octanol–water partition coefficient (Wildman–Crippen LogP) is 4.56. The normalized spacial score (nSPS) is 15.4. The van der Waals surface area contributed by atoms with Gasteiger partial charge >= 0.3 is 0 Å². The highest BCUT2D eigenvalue weighted by Gasteiger charge is 2.34. The van der Waals surface area contributed by atoms with Crippen molar-refractivity contribution in [3.05, 3.63) is 68.9 Å². The second-order valence-electron chi connectivity index (χ2n) is 6.26. The number of benzene rings is 1. The van der Waals surface area contributed by atoms with Crippen LogP contribution in [0.25, 0.3) is 16.2 Å². The highest BCUT2D eigenvalue weighted by atomic mass is 35.5. The molecule has 1 aliphatic rings. The van der Waals surface area contributed by atoms with Gasteiger partial charge in [-0.1, -0.05) is 17.7 Å². The molecule has 0 unspecified atom stereocenters. The number of hydrogen-bond acceptors (Lipinski definition) is 6. The van der Waals surface area contributed by atoms with Gasteiger partial charge in [0.15, 0.2) is 0 Å². The summed E-state index contributed by atoms with van der Waals surface area (Å²) in [5, 5.41) is 3.10. The highest BCUT2D eigenvalue weighted by molar-refractivity contribution is 8.18. The molecule has 4 rings (SSSR count). The zero-order chi connectivity index (χ0) is 21.3. The first-order valence-electron chi connectivity index (χ1n) is 8.75. The molecule has 0 bridgehead atoms. The van der Waals surface area contributed by atoms with Crippen LogP contribution in [0.3, 0.4) is 0 Å². The van der Waals surface area contributed by atoms with Gasteiger partial charge in [0.2, 0.25) is 0 Å². The molecule has 6 nitrogen and oxygen atoms in total. The average molecular weight is 462 g/mol. The molecule has 152 valence electrons. The largest absolute Gasteiger partial charge is 0.349 e. The van der Waals surface area contributed by atoms with E-state index in [0.29, 0.717) is 20.6 Å². The third-order valence-corrected chi connectivity index (χ3v) is 6.84.